The molecule has 0 fully saturated rings. The Kier molecular flexibility index (Phi) is 6.92. The fourth-order valence-corrected chi connectivity index (χ4v) is 2.95. The lowest BCUT2D eigenvalue weighted by atomic mass is 9.98. The summed E-state index contributed by atoms with van der Waals surface area (Å²) in [6.45, 7) is -0.799. The van der Waals surface area contributed by atoms with E-state index in [0.717, 1.165) is 22.4 Å². The van der Waals surface area contributed by atoms with Crippen LogP contribution in [0.15, 0.2) is 78.9 Å². The molecule has 2 N–H and O–H groups in total. The Morgan fingerprint density at radius 2 is 1.52 bits per heavy atom. The Hall–Kier alpha value is -3.25. The van der Waals surface area contributed by atoms with Crippen molar-refractivity contribution in [2.45, 2.75) is 19.6 Å². The van der Waals surface area contributed by atoms with Gasteiger partial charge < -0.3 is 10.1 Å². The third-order valence-electron chi connectivity index (χ3n) is 4.37. The van der Waals surface area contributed by atoms with E-state index >= 15 is 0 Å². The molecule has 0 aliphatic carbocycles. The van der Waals surface area contributed by atoms with Crippen molar-refractivity contribution in [3.05, 3.63) is 95.6 Å². The normalized spacial score (nSPS) is 11.9. The first kappa shape index (κ1) is 20.5. The number of amides is 1. The molecule has 0 radical (unpaired) electrons. The average molecular weight is 396 g/mol. The second kappa shape index (κ2) is 9.80. The molecule has 0 spiro atoms. The number of ether oxygens (including phenoxy) is 1. The van der Waals surface area contributed by atoms with Crippen LogP contribution in [0.4, 0.5) is 14.5 Å². The van der Waals surface area contributed by atoms with Gasteiger partial charge >= 0.3 is 6.61 Å². The zero-order valence-corrected chi connectivity index (χ0v) is 15.9. The molecular formula is C23H22F2N2O2. The van der Waals surface area contributed by atoms with Gasteiger partial charge in [-0.25, -0.2) is 0 Å². The number of benzene rings is 3. The second-order valence-electron chi connectivity index (χ2n) is 6.59. The number of carbonyl (C=O) groups is 1. The highest BCUT2D eigenvalue weighted by Crippen LogP contribution is 2.24. The first-order valence-corrected chi connectivity index (χ1v) is 9.21. The molecule has 0 aliphatic heterocycles. The predicted molar refractivity (Wildman–Crippen MR) is 109 cm³/mol. The minimum atomic E-state index is -2.87. The molecule has 4 nitrogen and oxygen atoms in total. The van der Waals surface area contributed by atoms with Gasteiger partial charge in [0, 0.05) is 5.69 Å². The minimum Gasteiger partial charge on any atom is -0.435 e. The van der Waals surface area contributed by atoms with Crippen molar-refractivity contribution >= 4 is 11.6 Å². The number of nitrogens with one attached hydrogen (secondary N) is 2. The molecule has 1 amide bonds. The van der Waals surface area contributed by atoms with Crippen LogP contribution >= 0.6 is 0 Å². The molecule has 0 aromatic heterocycles. The van der Waals surface area contributed by atoms with Crippen LogP contribution in [-0.2, 0) is 4.79 Å². The molecule has 0 saturated heterocycles. The lowest BCUT2D eigenvalue weighted by Crippen LogP contribution is -2.31. The van der Waals surface area contributed by atoms with Crippen molar-refractivity contribution < 1.29 is 18.3 Å². The standard InChI is InChI=1S/C23H22F2N2O2/c1-16-7-11-19(12-8-16)27-21(28)15-26-22(17-5-3-2-4-6-17)18-9-13-20(14-10-18)29-23(24)25/h2-14,22-23,26H,15H2,1H3,(H,27,28)/t22-/m0/s1. The van der Waals surface area contributed by atoms with Gasteiger partial charge in [0.05, 0.1) is 12.6 Å². The zero-order chi connectivity index (χ0) is 20.6. The maximum absolute atomic E-state index is 12.4. The SMILES string of the molecule is Cc1ccc(NC(=O)CN[C@@H](c2ccccc2)c2ccc(OC(F)F)cc2)cc1. The number of halogens is 2. The summed E-state index contributed by atoms with van der Waals surface area (Å²) < 4.78 is 29.2. The number of hydrogen-bond donors (Lipinski definition) is 2. The molecule has 3 aromatic carbocycles. The van der Waals surface area contributed by atoms with Gasteiger partial charge in [0.2, 0.25) is 5.91 Å². The topological polar surface area (TPSA) is 50.4 Å². The van der Waals surface area contributed by atoms with Gasteiger partial charge in [-0.05, 0) is 42.3 Å². The number of alkyl halides is 2. The van der Waals surface area contributed by atoms with E-state index in [2.05, 4.69) is 15.4 Å². The Morgan fingerprint density at radius 3 is 2.14 bits per heavy atom. The van der Waals surface area contributed by atoms with Crippen molar-refractivity contribution in [3.63, 3.8) is 0 Å². The van der Waals surface area contributed by atoms with Gasteiger partial charge in [-0.15, -0.1) is 0 Å². The van der Waals surface area contributed by atoms with Gasteiger partial charge in [-0.2, -0.15) is 8.78 Å². The molecule has 6 heteroatoms. The summed E-state index contributed by atoms with van der Waals surface area (Å²) in [7, 11) is 0. The van der Waals surface area contributed by atoms with Crippen LogP contribution in [0.25, 0.3) is 0 Å². The summed E-state index contributed by atoms with van der Waals surface area (Å²) >= 11 is 0. The molecule has 150 valence electrons. The van der Waals surface area contributed by atoms with E-state index in [1.807, 2.05) is 61.5 Å². The monoisotopic (exact) mass is 396 g/mol. The lowest BCUT2D eigenvalue weighted by molar-refractivity contribution is -0.115. The highest BCUT2D eigenvalue weighted by Gasteiger charge is 2.16. The Labute approximate surface area is 168 Å². The maximum Gasteiger partial charge on any atom is 0.387 e. The molecule has 1 atom stereocenters. The van der Waals surface area contributed by atoms with Crippen molar-refractivity contribution in [2.24, 2.45) is 0 Å². The number of rotatable bonds is 8. The van der Waals surface area contributed by atoms with Crippen LogP contribution in [0, 0.1) is 6.92 Å². The third-order valence-corrected chi connectivity index (χ3v) is 4.37. The van der Waals surface area contributed by atoms with Crippen LogP contribution in [0.1, 0.15) is 22.7 Å². The Morgan fingerprint density at radius 1 is 0.897 bits per heavy atom. The summed E-state index contributed by atoms with van der Waals surface area (Å²) in [5, 5.41) is 6.10. The van der Waals surface area contributed by atoms with Crippen LogP contribution in [0.2, 0.25) is 0 Å². The number of anilines is 1. The quantitative estimate of drug-likeness (QED) is 0.569. The molecule has 0 aliphatic rings. The van der Waals surface area contributed by atoms with Crippen LogP contribution in [0.3, 0.4) is 0 Å². The fourth-order valence-electron chi connectivity index (χ4n) is 2.95. The molecule has 0 heterocycles. The summed E-state index contributed by atoms with van der Waals surface area (Å²) in [6, 6.07) is 23.3. The minimum absolute atomic E-state index is 0.0860. The molecule has 3 rings (SSSR count). The highest BCUT2D eigenvalue weighted by atomic mass is 19.3. The largest absolute Gasteiger partial charge is 0.435 e. The van der Waals surface area contributed by atoms with E-state index in [0.29, 0.717) is 0 Å². The van der Waals surface area contributed by atoms with Crippen molar-refractivity contribution in [1.82, 2.24) is 5.32 Å². The predicted octanol–water partition coefficient (Wildman–Crippen LogP) is 4.91. The van der Waals surface area contributed by atoms with Crippen LogP contribution in [0.5, 0.6) is 5.75 Å². The molecule has 0 bridgehead atoms. The zero-order valence-electron chi connectivity index (χ0n) is 15.9. The first-order valence-electron chi connectivity index (χ1n) is 9.21. The van der Waals surface area contributed by atoms with Gasteiger partial charge in [-0.1, -0.05) is 60.2 Å². The number of aryl methyl sites for hydroxylation is 1. The lowest BCUT2D eigenvalue weighted by Gasteiger charge is -2.20. The van der Waals surface area contributed by atoms with Gasteiger partial charge in [0.25, 0.3) is 0 Å². The average Bonchev–Trinajstić information content (AvgIpc) is 2.71. The molecule has 29 heavy (non-hydrogen) atoms. The molecule has 0 unspecified atom stereocenters. The van der Waals surface area contributed by atoms with E-state index in [1.165, 1.54) is 12.1 Å². The summed E-state index contributed by atoms with van der Waals surface area (Å²) in [5.74, 6) is -0.0832. The van der Waals surface area contributed by atoms with E-state index in [-0.39, 0.29) is 24.2 Å². The second-order valence-corrected chi connectivity index (χ2v) is 6.59. The summed E-state index contributed by atoms with van der Waals surface area (Å²) in [4.78, 5) is 12.4. The Balaban J connectivity index is 1.71. The number of carbonyl (C=O) groups excluding carboxylic acids is 1. The molecule has 0 saturated carbocycles. The smallest absolute Gasteiger partial charge is 0.387 e. The van der Waals surface area contributed by atoms with Crippen LogP contribution in [-0.4, -0.2) is 19.1 Å². The first-order chi connectivity index (χ1) is 14.0. The van der Waals surface area contributed by atoms with E-state index < -0.39 is 6.61 Å². The van der Waals surface area contributed by atoms with E-state index in [9.17, 15) is 13.6 Å². The number of hydrogen-bond acceptors (Lipinski definition) is 3. The third kappa shape index (κ3) is 6.12. The van der Waals surface area contributed by atoms with Crippen molar-refractivity contribution in [2.75, 3.05) is 11.9 Å². The Bertz CT molecular complexity index is 914. The van der Waals surface area contributed by atoms with Gasteiger partial charge in [0.15, 0.2) is 0 Å². The van der Waals surface area contributed by atoms with Crippen LogP contribution < -0.4 is 15.4 Å². The highest BCUT2D eigenvalue weighted by molar-refractivity contribution is 5.92. The molecule has 3 aromatic rings. The van der Waals surface area contributed by atoms with Gasteiger partial charge in [0.1, 0.15) is 5.75 Å². The van der Waals surface area contributed by atoms with Crippen molar-refractivity contribution in [1.29, 1.82) is 0 Å². The van der Waals surface area contributed by atoms with E-state index in [4.69, 9.17) is 0 Å². The molecular weight excluding hydrogens is 374 g/mol. The van der Waals surface area contributed by atoms with E-state index in [1.54, 1.807) is 12.1 Å². The van der Waals surface area contributed by atoms with Crippen molar-refractivity contribution in [3.8, 4) is 5.75 Å². The summed E-state index contributed by atoms with van der Waals surface area (Å²) in [6.07, 6.45) is 0. The summed E-state index contributed by atoms with van der Waals surface area (Å²) in [5.41, 5.74) is 3.64. The maximum atomic E-state index is 12.4. The fraction of sp³-hybridized carbons (Fsp3) is 0.174. The van der Waals surface area contributed by atoms with Gasteiger partial charge in [-0.3, -0.25) is 10.1 Å².